The van der Waals surface area contributed by atoms with Gasteiger partial charge in [0.2, 0.25) is 11.0 Å². The summed E-state index contributed by atoms with van der Waals surface area (Å²) in [7, 11) is 3.27. The van der Waals surface area contributed by atoms with E-state index in [1.54, 1.807) is 27.9 Å². The highest BCUT2D eigenvalue weighted by Gasteiger charge is 2.37. The summed E-state index contributed by atoms with van der Waals surface area (Å²) in [6.45, 7) is 3.41. The first-order valence-electron chi connectivity index (χ1n) is 5.16. The number of nitrogens with zero attached hydrogens (tertiary/aromatic N) is 1. The normalized spacial score (nSPS) is 10.5. The predicted octanol–water partition coefficient (Wildman–Crippen LogP) is 0.465. The molecule has 0 aromatic heterocycles. The minimum atomic E-state index is -1.51. The van der Waals surface area contributed by atoms with E-state index < -0.39 is 23.0 Å². The molecule has 0 aliphatic rings. The number of carbonyl (C=O) groups excluding carboxylic acids is 3. The third kappa shape index (κ3) is 5.69. The largest absolute Gasteiger partial charge is 0.465 e. The van der Waals surface area contributed by atoms with Crippen LogP contribution in [0.3, 0.4) is 0 Å². The summed E-state index contributed by atoms with van der Waals surface area (Å²) in [5.74, 6) is -3.25. The van der Waals surface area contributed by atoms with Crippen molar-refractivity contribution in [1.29, 1.82) is 0 Å². The second-order valence-electron chi connectivity index (χ2n) is 3.16. The monoisotopic (exact) mass is 263 g/mol. The Balaban J connectivity index is 4.77. The molecule has 0 aromatic carbocycles. The van der Waals surface area contributed by atoms with Crippen LogP contribution in [0.1, 0.15) is 13.8 Å². The first kappa shape index (κ1) is 15.9. The summed E-state index contributed by atoms with van der Waals surface area (Å²) in [6.07, 6.45) is 0. The fourth-order valence-electron chi connectivity index (χ4n) is 0.973. The van der Waals surface area contributed by atoms with E-state index in [1.807, 2.05) is 0 Å². The van der Waals surface area contributed by atoms with Gasteiger partial charge in [-0.2, -0.15) is 0 Å². The van der Waals surface area contributed by atoms with Crippen LogP contribution in [0.25, 0.3) is 0 Å². The fraction of sp³-hybridized carbons (Fsp3) is 0.700. The lowest BCUT2D eigenvalue weighted by Gasteiger charge is -2.14. The summed E-state index contributed by atoms with van der Waals surface area (Å²) < 4.78 is 10.9. The number of carbonyl (C=O) groups is 3. The van der Waals surface area contributed by atoms with E-state index >= 15 is 0 Å². The molecule has 6 nitrogen and oxygen atoms in total. The average Bonchev–Trinajstić information content (AvgIpc) is 2.17. The molecule has 0 aromatic rings. The predicted molar refractivity (Wildman–Crippen MR) is 63.0 cm³/mol. The highest BCUT2D eigenvalue weighted by molar-refractivity contribution is 8.11. The van der Waals surface area contributed by atoms with E-state index in [0.717, 1.165) is 11.9 Å². The summed E-state index contributed by atoms with van der Waals surface area (Å²) in [4.78, 5) is 34.7. The maximum atomic E-state index is 11.7. The van der Waals surface area contributed by atoms with Gasteiger partial charge >= 0.3 is 11.9 Å². The molecule has 7 heteroatoms. The molecule has 0 fully saturated rings. The molecular formula is C10H17NO5S. The summed E-state index contributed by atoms with van der Waals surface area (Å²) >= 11 is 0.764. The van der Waals surface area contributed by atoms with Gasteiger partial charge in [-0.3, -0.25) is 18.7 Å². The molecule has 0 aliphatic carbocycles. The van der Waals surface area contributed by atoms with Gasteiger partial charge in [-0.1, -0.05) is 0 Å². The van der Waals surface area contributed by atoms with Gasteiger partial charge in [0.15, 0.2) is 0 Å². The Morgan fingerprint density at radius 1 is 1.06 bits per heavy atom. The zero-order valence-electron chi connectivity index (χ0n) is 10.4. The second-order valence-corrected chi connectivity index (χ2v) is 4.48. The van der Waals surface area contributed by atoms with Crippen LogP contribution in [-0.4, -0.2) is 48.7 Å². The van der Waals surface area contributed by atoms with Crippen LogP contribution in [0.2, 0.25) is 0 Å². The topological polar surface area (TPSA) is 72.9 Å². The van der Waals surface area contributed by atoms with Gasteiger partial charge in [-0.05, 0) is 39.9 Å². The molecule has 0 atom stereocenters. The summed E-state index contributed by atoms with van der Waals surface area (Å²) in [5, 5.41) is -0.605. The Bertz CT molecular complexity index is 274. The van der Waals surface area contributed by atoms with Crippen molar-refractivity contribution in [3.63, 3.8) is 0 Å². The highest BCUT2D eigenvalue weighted by Crippen LogP contribution is 2.16. The van der Waals surface area contributed by atoms with Crippen molar-refractivity contribution in [3.8, 4) is 0 Å². The van der Waals surface area contributed by atoms with Crippen LogP contribution < -0.4 is 0 Å². The van der Waals surface area contributed by atoms with E-state index in [1.165, 1.54) is 4.31 Å². The number of esters is 2. The molecule has 0 saturated heterocycles. The summed E-state index contributed by atoms with van der Waals surface area (Å²) in [6, 6.07) is 0. The van der Waals surface area contributed by atoms with E-state index in [-0.39, 0.29) is 13.2 Å². The molecule has 0 radical (unpaired) electrons. The van der Waals surface area contributed by atoms with Gasteiger partial charge < -0.3 is 9.47 Å². The van der Waals surface area contributed by atoms with Gasteiger partial charge in [0.05, 0.1) is 13.2 Å². The first-order chi connectivity index (χ1) is 7.93. The molecule has 0 N–H and O–H groups in total. The number of hydrogen-bond acceptors (Lipinski definition) is 7. The molecule has 0 saturated carbocycles. The van der Waals surface area contributed by atoms with Crippen LogP contribution >= 0.6 is 11.9 Å². The smallest absolute Gasteiger partial charge is 0.329 e. The van der Waals surface area contributed by atoms with Crippen LogP contribution in [-0.2, 0) is 23.9 Å². The minimum Gasteiger partial charge on any atom is -0.465 e. The molecule has 0 aliphatic heterocycles. The number of hydrogen-bond donors (Lipinski definition) is 0. The van der Waals surface area contributed by atoms with Crippen molar-refractivity contribution in [2.45, 2.75) is 13.8 Å². The van der Waals surface area contributed by atoms with E-state index in [2.05, 4.69) is 9.47 Å². The maximum absolute atomic E-state index is 11.7. The van der Waals surface area contributed by atoms with Gasteiger partial charge in [0.1, 0.15) is 0 Å². The Kier molecular flexibility index (Phi) is 7.56. The average molecular weight is 263 g/mol. The van der Waals surface area contributed by atoms with Gasteiger partial charge in [-0.25, -0.2) is 0 Å². The molecular weight excluding hydrogens is 246 g/mol. The van der Waals surface area contributed by atoms with E-state index in [0.29, 0.717) is 0 Å². The van der Waals surface area contributed by atoms with Crippen LogP contribution in [0.5, 0.6) is 0 Å². The van der Waals surface area contributed by atoms with Crippen molar-refractivity contribution in [3.05, 3.63) is 0 Å². The van der Waals surface area contributed by atoms with Crippen molar-refractivity contribution in [2.24, 2.45) is 5.92 Å². The van der Waals surface area contributed by atoms with Crippen molar-refractivity contribution >= 4 is 29.0 Å². The van der Waals surface area contributed by atoms with Crippen molar-refractivity contribution in [2.75, 3.05) is 27.3 Å². The number of ether oxygens (including phenoxy) is 2. The zero-order valence-corrected chi connectivity index (χ0v) is 11.2. The molecule has 0 unspecified atom stereocenters. The van der Waals surface area contributed by atoms with Crippen LogP contribution in [0, 0.1) is 5.92 Å². The Hall–Kier alpha value is -1.08. The SMILES string of the molecule is CCOC(=O)C(C(=O)OCC)C(=O)SN(C)C. The molecule has 17 heavy (non-hydrogen) atoms. The lowest BCUT2D eigenvalue weighted by atomic mass is 10.2. The molecule has 0 spiro atoms. The lowest BCUT2D eigenvalue weighted by Crippen LogP contribution is -2.34. The first-order valence-corrected chi connectivity index (χ1v) is 5.93. The van der Waals surface area contributed by atoms with E-state index in [4.69, 9.17) is 0 Å². The summed E-state index contributed by atoms with van der Waals surface area (Å²) in [5.41, 5.74) is 0. The van der Waals surface area contributed by atoms with Gasteiger partial charge in [0, 0.05) is 0 Å². The molecule has 0 rings (SSSR count). The second kappa shape index (κ2) is 8.08. The highest BCUT2D eigenvalue weighted by atomic mass is 32.2. The van der Waals surface area contributed by atoms with E-state index in [9.17, 15) is 14.4 Å². The third-order valence-corrected chi connectivity index (χ3v) is 2.33. The maximum Gasteiger partial charge on any atom is 0.329 e. The van der Waals surface area contributed by atoms with Crippen LogP contribution in [0.4, 0.5) is 0 Å². The Morgan fingerprint density at radius 3 is 1.76 bits per heavy atom. The molecule has 0 heterocycles. The zero-order chi connectivity index (χ0) is 13.4. The molecule has 0 amide bonds. The van der Waals surface area contributed by atoms with Crippen molar-refractivity contribution in [1.82, 2.24) is 4.31 Å². The quantitative estimate of drug-likeness (QED) is 0.391. The minimum absolute atomic E-state index is 0.106. The molecule has 0 bridgehead atoms. The molecule has 98 valence electrons. The van der Waals surface area contributed by atoms with Gasteiger partial charge in [0.25, 0.3) is 0 Å². The van der Waals surface area contributed by atoms with Crippen LogP contribution in [0.15, 0.2) is 0 Å². The fourth-order valence-corrected chi connectivity index (χ4v) is 1.63. The number of rotatable bonds is 6. The Morgan fingerprint density at radius 2 is 1.47 bits per heavy atom. The van der Waals surface area contributed by atoms with Gasteiger partial charge in [-0.15, -0.1) is 0 Å². The Labute approximate surface area is 105 Å². The standard InChI is InChI=1S/C10H17NO5S/c1-5-15-8(12)7(9(13)16-6-2)10(14)17-11(3)4/h7H,5-6H2,1-4H3. The lowest BCUT2D eigenvalue weighted by molar-refractivity contribution is -0.162. The van der Waals surface area contributed by atoms with Crippen molar-refractivity contribution < 1.29 is 23.9 Å². The third-order valence-electron chi connectivity index (χ3n) is 1.55.